The second-order valence-electron chi connectivity index (χ2n) is 5.34. The van der Waals surface area contributed by atoms with Gasteiger partial charge in [-0.25, -0.2) is 9.78 Å². The largest absolute Gasteiger partial charge is 0.391 e. The molecule has 0 fully saturated rings. The van der Waals surface area contributed by atoms with Crippen LogP contribution in [0.25, 0.3) is 11.2 Å². The van der Waals surface area contributed by atoms with Crippen molar-refractivity contribution >= 4 is 11.2 Å². The summed E-state index contributed by atoms with van der Waals surface area (Å²) in [4.78, 5) is 28.6. The minimum Gasteiger partial charge on any atom is -0.391 e. The molecule has 1 N–H and O–H groups in total. The van der Waals surface area contributed by atoms with Gasteiger partial charge in [0.1, 0.15) is 0 Å². The number of halogens is 3. The smallest absolute Gasteiger partial charge is 0.391 e. The summed E-state index contributed by atoms with van der Waals surface area (Å²) in [6.45, 7) is 1.65. The Morgan fingerprint density at radius 2 is 2.00 bits per heavy atom. The van der Waals surface area contributed by atoms with Crippen molar-refractivity contribution in [1.29, 1.82) is 0 Å². The van der Waals surface area contributed by atoms with Gasteiger partial charge in [0.05, 0.1) is 25.4 Å². The van der Waals surface area contributed by atoms with E-state index in [-0.39, 0.29) is 11.2 Å². The minimum absolute atomic E-state index is 0.133. The Hall–Kier alpha value is -2.10. The van der Waals surface area contributed by atoms with Crippen molar-refractivity contribution in [3.63, 3.8) is 0 Å². The third-order valence-electron chi connectivity index (χ3n) is 3.43. The second-order valence-corrected chi connectivity index (χ2v) is 5.34. The fourth-order valence-corrected chi connectivity index (χ4v) is 2.44. The van der Waals surface area contributed by atoms with Crippen LogP contribution < -0.4 is 11.2 Å². The SMILES string of the molecule is CCCn1cnc2c1c(=O)n(CC(O)CC(F)(F)F)c(=O)n2C. The molecule has 2 aromatic rings. The molecule has 0 bridgehead atoms. The summed E-state index contributed by atoms with van der Waals surface area (Å²) >= 11 is 0. The number of hydrogen-bond donors (Lipinski definition) is 1. The van der Waals surface area contributed by atoms with Gasteiger partial charge in [-0.1, -0.05) is 6.92 Å². The molecule has 0 spiro atoms. The molecular weight excluding hydrogens is 317 g/mol. The van der Waals surface area contributed by atoms with Crippen LogP contribution in [0.2, 0.25) is 0 Å². The molecule has 0 aliphatic heterocycles. The van der Waals surface area contributed by atoms with Gasteiger partial charge in [0.15, 0.2) is 11.2 Å². The van der Waals surface area contributed by atoms with E-state index in [4.69, 9.17) is 0 Å². The Morgan fingerprint density at radius 3 is 2.57 bits per heavy atom. The molecule has 1 unspecified atom stereocenters. The van der Waals surface area contributed by atoms with Crippen molar-refractivity contribution in [2.45, 2.75) is 45.1 Å². The molecule has 0 saturated heterocycles. The Morgan fingerprint density at radius 1 is 1.35 bits per heavy atom. The Labute approximate surface area is 128 Å². The van der Waals surface area contributed by atoms with Gasteiger partial charge in [-0.05, 0) is 6.42 Å². The molecule has 0 radical (unpaired) electrons. The number of alkyl halides is 3. The van der Waals surface area contributed by atoms with Crippen LogP contribution in [0, 0.1) is 0 Å². The number of aryl methyl sites for hydroxylation is 2. The minimum atomic E-state index is -4.58. The summed E-state index contributed by atoms with van der Waals surface area (Å²) in [5.74, 6) is 0. The fourth-order valence-electron chi connectivity index (χ4n) is 2.44. The molecule has 0 aromatic carbocycles. The average molecular weight is 334 g/mol. The van der Waals surface area contributed by atoms with Gasteiger partial charge in [0, 0.05) is 13.6 Å². The van der Waals surface area contributed by atoms with Crippen molar-refractivity contribution < 1.29 is 18.3 Å². The van der Waals surface area contributed by atoms with E-state index in [0.717, 1.165) is 4.57 Å². The quantitative estimate of drug-likeness (QED) is 0.869. The van der Waals surface area contributed by atoms with Gasteiger partial charge in [-0.2, -0.15) is 13.2 Å². The molecule has 2 rings (SSSR count). The molecule has 0 aliphatic carbocycles. The van der Waals surface area contributed by atoms with Crippen molar-refractivity contribution in [1.82, 2.24) is 18.7 Å². The van der Waals surface area contributed by atoms with E-state index in [1.807, 2.05) is 6.92 Å². The molecule has 2 aromatic heterocycles. The molecule has 1 atom stereocenters. The van der Waals surface area contributed by atoms with E-state index in [9.17, 15) is 27.9 Å². The van der Waals surface area contributed by atoms with E-state index in [2.05, 4.69) is 4.98 Å². The van der Waals surface area contributed by atoms with Gasteiger partial charge in [0.2, 0.25) is 0 Å². The van der Waals surface area contributed by atoms with Gasteiger partial charge in [-0.15, -0.1) is 0 Å². The molecule has 10 heteroatoms. The molecule has 2 heterocycles. The lowest BCUT2D eigenvalue weighted by Gasteiger charge is -2.15. The predicted octanol–water partition coefficient (Wildman–Crippen LogP) is 0.620. The van der Waals surface area contributed by atoms with Crippen LogP contribution in [0.3, 0.4) is 0 Å². The number of aromatic nitrogens is 4. The molecule has 0 amide bonds. The molecule has 128 valence electrons. The highest BCUT2D eigenvalue weighted by Gasteiger charge is 2.32. The third-order valence-corrected chi connectivity index (χ3v) is 3.43. The second kappa shape index (κ2) is 6.19. The third kappa shape index (κ3) is 3.46. The fraction of sp³-hybridized carbons (Fsp3) is 0.615. The number of fused-ring (bicyclic) bond motifs is 1. The first kappa shape index (κ1) is 17.3. The maximum Gasteiger partial charge on any atom is 0.391 e. The van der Waals surface area contributed by atoms with Crippen molar-refractivity contribution in [3.05, 3.63) is 27.2 Å². The summed E-state index contributed by atoms with van der Waals surface area (Å²) in [6.07, 6.45) is -5.83. The molecular formula is C13H17F3N4O3. The molecule has 0 saturated carbocycles. The summed E-state index contributed by atoms with van der Waals surface area (Å²) in [6, 6.07) is 0. The predicted molar refractivity (Wildman–Crippen MR) is 76.2 cm³/mol. The summed E-state index contributed by atoms with van der Waals surface area (Å²) in [7, 11) is 1.38. The first-order chi connectivity index (χ1) is 10.7. The Balaban J connectivity index is 2.54. The molecule has 0 aliphatic rings. The van der Waals surface area contributed by atoms with Gasteiger partial charge < -0.3 is 9.67 Å². The van der Waals surface area contributed by atoms with Crippen LogP contribution in [0.5, 0.6) is 0 Å². The zero-order chi connectivity index (χ0) is 17.4. The first-order valence-electron chi connectivity index (χ1n) is 7.05. The zero-order valence-electron chi connectivity index (χ0n) is 12.7. The van der Waals surface area contributed by atoms with E-state index in [1.54, 1.807) is 4.57 Å². The molecule has 7 nitrogen and oxygen atoms in total. The lowest BCUT2D eigenvalue weighted by molar-refractivity contribution is -0.154. The Kier molecular flexibility index (Phi) is 4.64. The molecule has 23 heavy (non-hydrogen) atoms. The maximum atomic E-state index is 12.5. The van der Waals surface area contributed by atoms with Crippen LogP contribution in [0.4, 0.5) is 13.2 Å². The standard InChI is InChI=1S/C13H17F3N4O3/c1-3-4-19-7-17-10-9(19)11(22)20(12(23)18(10)2)6-8(21)5-13(14,15)16/h7-8,21H,3-6H2,1-2H3. The zero-order valence-corrected chi connectivity index (χ0v) is 12.7. The number of rotatable bonds is 5. The summed E-state index contributed by atoms with van der Waals surface area (Å²) in [5.41, 5.74) is -1.27. The van der Waals surface area contributed by atoms with Crippen molar-refractivity contribution in [2.24, 2.45) is 7.05 Å². The van der Waals surface area contributed by atoms with Crippen LogP contribution in [-0.2, 0) is 20.1 Å². The average Bonchev–Trinajstić information content (AvgIpc) is 2.84. The normalized spacial score (nSPS) is 13.7. The number of hydrogen-bond acceptors (Lipinski definition) is 4. The highest BCUT2D eigenvalue weighted by atomic mass is 19.4. The van der Waals surface area contributed by atoms with Crippen molar-refractivity contribution in [2.75, 3.05) is 0 Å². The lowest BCUT2D eigenvalue weighted by Crippen LogP contribution is -2.42. The van der Waals surface area contributed by atoms with Gasteiger partial charge >= 0.3 is 11.9 Å². The first-order valence-corrected chi connectivity index (χ1v) is 7.05. The highest BCUT2D eigenvalue weighted by Crippen LogP contribution is 2.21. The van der Waals surface area contributed by atoms with E-state index < -0.39 is 36.5 Å². The lowest BCUT2D eigenvalue weighted by atomic mass is 10.2. The van der Waals surface area contributed by atoms with Gasteiger partial charge in [0.25, 0.3) is 5.56 Å². The number of imidazole rings is 1. The van der Waals surface area contributed by atoms with E-state index in [0.29, 0.717) is 17.5 Å². The highest BCUT2D eigenvalue weighted by molar-refractivity contribution is 5.69. The van der Waals surface area contributed by atoms with Crippen molar-refractivity contribution in [3.8, 4) is 0 Å². The summed E-state index contributed by atoms with van der Waals surface area (Å²) < 4.78 is 40.2. The van der Waals surface area contributed by atoms with Crippen LogP contribution in [0.15, 0.2) is 15.9 Å². The van der Waals surface area contributed by atoms with Crippen LogP contribution >= 0.6 is 0 Å². The Bertz CT molecular complexity index is 819. The van der Waals surface area contributed by atoms with E-state index >= 15 is 0 Å². The maximum absolute atomic E-state index is 12.5. The monoisotopic (exact) mass is 334 g/mol. The number of aliphatic hydroxyl groups excluding tert-OH is 1. The summed E-state index contributed by atoms with van der Waals surface area (Å²) in [5, 5.41) is 9.52. The van der Waals surface area contributed by atoms with E-state index in [1.165, 1.54) is 13.4 Å². The topological polar surface area (TPSA) is 82.1 Å². The number of nitrogens with zero attached hydrogens (tertiary/aromatic N) is 4. The van der Waals surface area contributed by atoms with Gasteiger partial charge in [-0.3, -0.25) is 13.9 Å². The van der Waals surface area contributed by atoms with Crippen LogP contribution in [-0.4, -0.2) is 36.1 Å². The number of aliphatic hydroxyl groups is 1. The van der Waals surface area contributed by atoms with Crippen LogP contribution in [0.1, 0.15) is 19.8 Å².